The third-order valence-electron chi connectivity index (χ3n) is 5.32. The molecule has 0 aliphatic carbocycles. The van der Waals surface area contributed by atoms with Crippen molar-refractivity contribution in [3.63, 3.8) is 0 Å². The van der Waals surface area contributed by atoms with Gasteiger partial charge in [-0.25, -0.2) is 0 Å². The van der Waals surface area contributed by atoms with Gasteiger partial charge in [0.1, 0.15) is 16.9 Å². The van der Waals surface area contributed by atoms with Crippen LogP contribution in [0.4, 0.5) is 5.69 Å². The quantitative estimate of drug-likeness (QED) is 0.407. The van der Waals surface area contributed by atoms with Crippen molar-refractivity contribution >= 4 is 33.5 Å². The largest absolute Gasteiger partial charge is 0.495 e. The highest BCUT2D eigenvalue weighted by Gasteiger charge is 2.13. The molecule has 4 aromatic rings. The molecule has 3 aromatic carbocycles. The lowest BCUT2D eigenvalue weighted by Gasteiger charge is -2.12. The molecule has 0 fully saturated rings. The summed E-state index contributed by atoms with van der Waals surface area (Å²) in [5, 5.41) is 8.08. The fourth-order valence-electron chi connectivity index (χ4n) is 3.68. The Morgan fingerprint density at radius 3 is 2.41 bits per heavy atom. The zero-order valence-corrected chi connectivity index (χ0v) is 18.4. The Morgan fingerprint density at radius 2 is 1.62 bits per heavy atom. The van der Waals surface area contributed by atoms with Gasteiger partial charge in [0.05, 0.1) is 33.6 Å². The van der Waals surface area contributed by atoms with E-state index in [0.29, 0.717) is 35.9 Å². The summed E-state index contributed by atoms with van der Waals surface area (Å²) in [5.41, 5.74) is 3.31. The third kappa shape index (κ3) is 4.42. The molecule has 4 rings (SSSR count). The second-order valence-corrected chi connectivity index (χ2v) is 7.29. The first-order valence-electron chi connectivity index (χ1n) is 10.3. The monoisotopic (exact) mass is 434 g/mol. The van der Waals surface area contributed by atoms with Crippen LogP contribution in [0.15, 0.2) is 59.0 Å². The Hall–Kier alpha value is -3.87. The fraction of sp³-hybridized carbons (Fsp3) is 0.240. The summed E-state index contributed by atoms with van der Waals surface area (Å²) in [7, 11) is 4.82. The van der Waals surface area contributed by atoms with E-state index >= 15 is 0 Å². The maximum atomic E-state index is 12.4. The van der Waals surface area contributed by atoms with Gasteiger partial charge in [-0.05, 0) is 36.2 Å². The van der Waals surface area contributed by atoms with Crippen molar-refractivity contribution < 1.29 is 23.4 Å². The van der Waals surface area contributed by atoms with Gasteiger partial charge in [0.25, 0.3) is 0 Å². The van der Waals surface area contributed by atoms with E-state index in [1.807, 2.05) is 54.6 Å². The standard InChI is InChI=1S/C25H26N2O5/c1-29-21-9-8-16(12-24(21)31-3)10-11-26-25(28)15-27-19-14-22-18(13-23(19)30-2)17-6-4-5-7-20(17)32-22/h4-9,12-14,27H,10-11,15H2,1-3H3,(H,26,28). The molecule has 0 aliphatic heterocycles. The minimum Gasteiger partial charge on any atom is -0.495 e. The molecule has 32 heavy (non-hydrogen) atoms. The summed E-state index contributed by atoms with van der Waals surface area (Å²) >= 11 is 0. The maximum Gasteiger partial charge on any atom is 0.239 e. The number of amides is 1. The Kier molecular flexibility index (Phi) is 6.35. The van der Waals surface area contributed by atoms with Crippen molar-refractivity contribution in [1.82, 2.24) is 5.32 Å². The van der Waals surface area contributed by atoms with Gasteiger partial charge in [0.2, 0.25) is 5.91 Å². The molecular formula is C25H26N2O5. The third-order valence-corrected chi connectivity index (χ3v) is 5.32. The molecule has 0 bridgehead atoms. The lowest BCUT2D eigenvalue weighted by Crippen LogP contribution is -2.31. The zero-order chi connectivity index (χ0) is 22.5. The van der Waals surface area contributed by atoms with E-state index in [1.54, 1.807) is 21.3 Å². The van der Waals surface area contributed by atoms with E-state index < -0.39 is 0 Å². The van der Waals surface area contributed by atoms with Crippen LogP contribution in [0, 0.1) is 0 Å². The number of hydrogen-bond acceptors (Lipinski definition) is 6. The molecule has 7 nitrogen and oxygen atoms in total. The van der Waals surface area contributed by atoms with Crippen LogP contribution in [0.1, 0.15) is 5.56 Å². The molecule has 0 atom stereocenters. The van der Waals surface area contributed by atoms with Gasteiger partial charge < -0.3 is 29.3 Å². The van der Waals surface area contributed by atoms with Gasteiger partial charge in [-0.3, -0.25) is 4.79 Å². The van der Waals surface area contributed by atoms with Crippen LogP contribution in [-0.4, -0.2) is 40.3 Å². The first-order valence-corrected chi connectivity index (χ1v) is 10.3. The molecule has 0 unspecified atom stereocenters. The molecule has 1 heterocycles. The topological polar surface area (TPSA) is 82.0 Å². The minimum atomic E-state index is -0.114. The molecule has 2 N–H and O–H groups in total. The molecular weight excluding hydrogens is 408 g/mol. The van der Waals surface area contributed by atoms with Gasteiger partial charge in [0, 0.05) is 23.4 Å². The van der Waals surface area contributed by atoms with Crippen LogP contribution >= 0.6 is 0 Å². The summed E-state index contributed by atoms with van der Waals surface area (Å²) in [6.45, 7) is 0.629. The van der Waals surface area contributed by atoms with E-state index in [2.05, 4.69) is 10.6 Å². The van der Waals surface area contributed by atoms with Gasteiger partial charge >= 0.3 is 0 Å². The van der Waals surface area contributed by atoms with Gasteiger partial charge in [-0.1, -0.05) is 24.3 Å². The van der Waals surface area contributed by atoms with Crippen molar-refractivity contribution in [3.8, 4) is 17.2 Å². The van der Waals surface area contributed by atoms with Gasteiger partial charge in [-0.2, -0.15) is 0 Å². The summed E-state index contributed by atoms with van der Waals surface area (Å²) in [5.74, 6) is 1.89. The molecule has 0 saturated heterocycles. The average Bonchev–Trinajstić information content (AvgIpc) is 3.19. The molecule has 0 radical (unpaired) electrons. The smallest absolute Gasteiger partial charge is 0.239 e. The second kappa shape index (κ2) is 9.51. The number of hydrogen-bond donors (Lipinski definition) is 2. The van der Waals surface area contributed by atoms with Crippen molar-refractivity contribution in [1.29, 1.82) is 0 Å². The van der Waals surface area contributed by atoms with Crippen molar-refractivity contribution in [2.75, 3.05) is 39.7 Å². The van der Waals surface area contributed by atoms with Crippen LogP contribution in [-0.2, 0) is 11.2 Å². The average molecular weight is 434 g/mol. The summed E-state index contributed by atoms with van der Waals surface area (Å²) < 4.78 is 22.0. The summed E-state index contributed by atoms with van der Waals surface area (Å²) in [4.78, 5) is 12.4. The van der Waals surface area contributed by atoms with Crippen LogP contribution in [0.25, 0.3) is 21.9 Å². The first-order chi connectivity index (χ1) is 15.6. The summed E-state index contributed by atoms with van der Waals surface area (Å²) in [6, 6.07) is 17.4. The number of furan rings is 1. The lowest BCUT2D eigenvalue weighted by molar-refractivity contribution is -0.119. The Morgan fingerprint density at radius 1 is 0.844 bits per heavy atom. The highest BCUT2D eigenvalue weighted by Crippen LogP contribution is 2.36. The number of ether oxygens (including phenoxy) is 3. The predicted molar refractivity (Wildman–Crippen MR) is 125 cm³/mol. The Labute approximate surface area is 186 Å². The highest BCUT2D eigenvalue weighted by atomic mass is 16.5. The van der Waals surface area contributed by atoms with E-state index in [1.165, 1.54) is 0 Å². The van der Waals surface area contributed by atoms with E-state index in [9.17, 15) is 4.79 Å². The Bertz CT molecular complexity index is 1250. The van der Waals surface area contributed by atoms with Gasteiger partial charge in [-0.15, -0.1) is 0 Å². The molecule has 0 spiro atoms. The summed E-state index contributed by atoms with van der Waals surface area (Å²) in [6.07, 6.45) is 0.681. The normalized spacial score (nSPS) is 10.8. The number of anilines is 1. The lowest BCUT2D eigenvalue weighted by atomic mass is 10.1. The van der Waals surface area contributed by atoms with Crippen molar-refractivity contribution in [3.05, 3.63) is 60.2 Å². The van der Waals surface area contributed by atoms with Crippen LogP contribution in [0.2, 0.25) is 0 Å². The van der Waals surface area contributed by atoms with Crippen LogP contribution in [0.5, 0.6) is 17.2 Å². The van der Waals surface area contributed by atoms with Gasteiger partial charge in [0.15, 0.2) is 11.5 Å². The fourth-order valence-corrected chi connectivity index (χ4v) is 3.68. The number of rotatable bonds is 9. The predicted octanol–water partition coefficient (Wildman–Crippen LogP) is 4.38. The number of nitrogens with one attached hydrogen (secondary N) is 2. The maximum absolute atomic E-state index is 12.4. The molecule has 0 aliphatic rings. The van der Waals surface area contributed by atoms with Crippen molar-refractivity contribution in [2.45, 2.75) is 6.42 Å². The number of methoxy groups -OCH3 is 3. The molecule has 1 aromatic heterocycles. The Balaban J connectivity index is 1.37. The number of carbonyl (C=O) groups is 1. The zero-order valence-electron chi connectivity index (χ0n) is 18.4. The van der Waals surface area contributed by atoms with Crippen LogP contribution < -0.4 is 24.8 Å². The number of fused-ring (bicyclic) bond motifs is 3. The first kappa shape index (κ1) is 21.4. The van der Waals surface area contributed by atoms with E-state index in [-0.39, 0.29) is 12.5 Å². The SMILES string of the molecule is COc1cc2c(cc1NCC(=O)NCCc1ccc(OC)c(OC)c1)oc1ccccc12. The number of para-hydroxylation sites is 1. The highest BCUT2D eigenvalue weighted by molar-refractivity contribution is 6.06. The van der Waals surface area contributed by atoms with Crippen molar-refractivity contribution in [2.24, 2.45) is 0 Å². The second-order valence-electron chi connectivity index (χ2n) is 7.29. The number of benzene rings is 3. The minimum absolute atomic E-state index is 0.114. The molecule has 7 heteroatoms. The molecule has 0 saturated carbocycles. The molecule has 166 valence electrons. The van der Waals surface area contributed by atoms with E-state index in [4.69, 9.17) is 18.6 Å². The number of carbonyl (C=O) groups excluding carboxylic acids is 1. The molecule has 1 amide bonds. The van der Waals surface area contributed by atoms with E-state index in [0.717, 1.165) is 27.5 Å². The van der Waals surface area contributed by atoms with Crippen LogP contribution in [0.3, 0.4) is 0 Å².